The van der Waals surface area contributed by atoms with E-state index in [1.807, 2.05) is 30.0 Å². The van der Waals surface area contributed by atoms with Gasteiger partial charge in [-0.05, 0) is 62.4 Å². The van der Waals surface area contributed by atoms with Crippen LogP contribution in [-0.4, -0.2) is 37.0 Å². The van der Waals surface area contributed by atoms with Gasteiger partial charge >= 0.3 is 6.03 Å². The SMILES string of the molecule is CNC(=O)N1CCC[C@@H](c2cccc(C(=O)N[C@H](C)c3ccc(C)cc3C)c2)C1. The first-order valence-corrected chi connectivity index (χ1v) is 10.3. The first kappa shape index (κ1) is 20.9. The third-order valence-electron chi connectivity index (χ3n) is 5.78. The highest BCUT2D eigenvalue weighted by Crippen LogP contribution is 2.28. The predicted octanol–water partition coefficient (Wildman–Crippen LogP) is 4.31. The molecule has 1 fully saturated rings. The third-order valence-corrected chi connectivity index (χ3v) is 5.78. The van der Waals surface area contributed by atoms with Gasteiger partial charge in [0.1, 0.15) is 0 Å². The van der Waals surface area contributed by atoms with Crippen molar-refractivity contribution in [3.05, 3.63) is 70.3 Å². The minimum atomic E-state index is -0.0710. The highest BCUT2D eigenvalue weighted by molar-refractivity contribution is 5.94. The fourth-order valence-corrected chi connectivity index (χ4v) is 4.19. The average molecular weight is 394 g/mol. The summed E-state index contributed by atoms with van der Waals surface area (Å²) in [7, 11) is 1.66. The van der Waals surface area contributed by atoms with Crippen molar-refractivity contribution in [1.82, 2.24) is 15.5 Å². The lowest BCUT2D eigenvalue weighted by Gasteiger charge is -2.32. The molecular weight excluding hydrogens is 362 g/mol. The van der Waals surface area contributed by atoms with E-state index >= 15 is 0 Å². The van der Waals surface area contributed by atoms with Gasteiger partial charge in [-0.3, -0.25) is 4.79 Å². The Balaban J connectivity index is 1.71. The quantitative estimate of drug-likeness (QED) is 0.813. The molecule has 1 aliphatic heterocycles. The Labute approximate surface area is 173 Å². The van der Waals surface area contributed by atoms with Crippen LogP contribution in [0.1, 0.15) is 64.3 Å². The van der Waals surface area contributed by atoms with Gasteiger partial charge in [0.2, 0.25) is 0 Å². The number of hydrogen-bond donors (Lipinski definition) is 2. The van der Waals surface area contributed by atoms with Crippen molar-refractivity contribution in [3.63, 3.8) is 0 Å². The first-order valence-electron chi connectivity index (χ1n) is 10.3. The molecular formula is C24H31N3O2. The summed E-state index contributed by atoms with van der Waals surface area (Å²) in [5, 5.41) is 5.83. The van der Waals surface area contributed by atoms with Crippen LogP contribution in [0.15, 0.2) is 42.5 Å². The maximum Gasteiger partial charge on any atom is 0.317 e. The molecule has 0 saturated carbocycles. The lowest BCUT2D eigenvalue weighted by Crippen LogP contribution is -2.43. The van der Waals surface area contributed by atoms with Gasteiger partial charge < -0.3 is 15.5 Å². The Bertz CT molecular complexity index is 893. The number of carbonyl (C=O) groups is 2. The zero-order chi connectivity index (χ0) is 21.0. The van der Waals surface area contributed by atoms with Crippen LogP contribution in [0.5, 0.6) is 0 Å². The molecule has 2 N–H and O–H groups in total. The molecule has 5 heteroatoms. The number of piperidine rings is 1. The molecule has 3 amide bonds. The normalized spacial score (nSPS) is 17.5. The van der Waals surface area contributed by atoms with Gasteiger partial charge in [0, 0.05) is 31.6 Å². The number of rotatable bonds is 4. The predicted molar refractivity (Wildman–Crippen MR) is 116 cm³/mol. The average Bonchev–Trinajstić information content (AvgIpc) is 2.73. The van der Waals surface area contributed by atoms with E-state index in [2.05, 4.69) is 48.7 Å². The van der Waals surface area contributed by atoms with Crippen molar-refractivity contribution in [2.45, 2.75) is 45.6 Å². The minimum absolute atomic E-state index is 0.0362. The molecule has 1 heterocycles. The second kappa shape index (κ2) is 9.12. The molecule has 1 saturated heterocycles. The van der Waals surface area contributed by atoms with Crippen LogP contribution in [0.2, 0.25) is 0 Å². The summed E-state index contributed by atoms with van der Waals surface area (Å²) in [5.74, 6) is 0.184. The molecule has 2 aromatic carbocycles. The Morgan fingerprint density at radius 1 is 1.14 bits per heavy atom. The summed E-state index contributed by atoms with van der Waals surface area (Å²) in [5.41, 5.74) is 5.31. The maximum absolute atomic E-state index is 12.9. The van der Waals surface area contributed by atoms with Gasteiger partial charge in [-0.1, -0.05) is 35.9 Å². The number of carbonyl (C=O) groups excluding carboxylic acids is 2. The van der Waals surface area contributed by atoms with E-state index in [1.54, 1.807) is 7.05 Å². The van der Waals surface area contributed by atoms with Crippen LogP contribution in [0.3, 0.4) is 0 Å². The van der Waals surface area contributed by atoms with E-state index in [-0.39, 0.29) is 23.9 Å². The summed E-state index contributed by atoms with van der Waals surface area (Å²) >= 11 is 0. The van der Waals surface area contributed by atoms with Crippen molar-refractivity contribution >= 4 is 11.9 Å². The number of nitrogens with one attached hydrogen (secondary N) is 2. The molecule has 154 valence electrons. The van der Waals surface area contributed by atoms with Crippen LogP contribution >= 0.6 is 0 Å². The monoisotopic (exact) mass is 393 g/mol. The Kier molecular flexibility index (Phi) is 6.57. The van der Waals surface area contributed by atoms with E-state index in [0.717, 1.165) is 30.5 Å². The molecule has 1 aliphatic rings. The molecule has 0 aliphatic carbocycles. The highest BCUT2D eigenvalue weighted by atomic mass is 16.2. The molecule has 3 rings (SSSR count). The maximum atomic E-state index is 12.9. The van der Waals surface area contributed by atoms with Gasteiger partial charge in [0.15, 0.2) is 0 Å². The van der Waals surface area contributed by atoms with E-state index < -0.39 is 0 Å². The van der Waals surface area contributed by atoms with Crippen LogP contribution in [0, 0.1) is 13.8 Å². The zero-order valence-electron chi connectivity index (χ0n) is 17.8. The van der Waals surface area contributed by atoms with Gasteiger partial charge in [0.05, 0.1) is 6.04 Å². The molecule has 0 aromatic heterocycles. The standard InChI is InChI=1S/C24H31N3O2/c1-16-10-11-22(17(2)13-16)18(3)26-23(28)20-8-5-7-19(14-20)21-9-6-12-27(15-21)24(29)25-4/h5,7-8,10-11,13-14,18,21H,6,9,12,15H2,1-4H3,(H,25,29)(H,26,28)/t18-,21-/m1/s1. The number of aryl methyl sites for hydroxylation is 2. The highest BCUT2D eigenvalue weighted by Gasteiger charge is 2.24. The fourth-order valence-electron chi connectivity index (χ4n) is 4.19. The lowest BCUT2D eigenvalue weighted by atomic mass is 9.89. The van der Waals surface area contributed by atoms with Crippen LogP contribution in [-0.2, 0) is 0 Å². The Morgan fingerprint density at radius 3 is 2.66 bits per heavy atom. The van der Waals surface area contributed by atoms with Crippen molar-refractivity contribution in [2.75, 3.05) is 20.1 Å². The van der Waals surface area contributed by atoms with Crippen molar-refractivity contribution < 1.29 is 9.59 Å². The number of urea groups is 1. The Hall–Kier alpha value is -2.82. The summed E-state index contributed by atoms with van der Waals surface area (Å²) in [6, 6.07) is 14.0. The summed E-state index contributed by atoms with van der Waals surface area (Å²) in [6.07, 6.45) is 2.00. The van der Waals surface area contributed by atoms with Crippen LogP contribution in [0.25, 0.3) is 0 Å². The first-order chi connectivity index (χ1) is 13.9. The molecule has 2 aromatic rings. The van der Waals surface area contributed by atoms with E-state index in [1.165, 1.54) is 11.1 Å². The number of nitrogens with zero attached hydrogens (tertiary/aromatic N) is 1. The zero-order valence-corrected chi connectivity index (χ0v) is 17.8. The molecule has 5 nitrogen and oxygen atoms in total. The largest absolute Gasteiger partial charge is 0.346 e. The summed E-state index contributed by atoms with van der Waals surface area (Å²) in [6.45, 7) is 7.63. The number of likely N-dealkylation sites (tertiary alicyclic amines) is 1. The Morgan fingerprint density at radius 2 is 1.93 bits per heavy atom. The third kappa shape index (κ3) is 4.97. The molecule has 29 heavy (non-hydrogen) atoms. The lowest BCUT2D eigenvalue weighted by molar-refractivity contribution is 0.0939. The van der Waals surface area contributed by atoms with Crippen LogP contribution < -0.4 is 10.6 Å². The summed E-state index contributed by atoms with van der Waals surface area (Å²) in [4.78, 5) is 26.7. The molecule has 2 atom stereocenters. The van der Waals surface area contributed by atoms with Gasteiger partial charge in [-0.2, -0.15) is 0 Å². The number of amides is 3. The van der Waals surface area contributed by atoms with E-state index in [4.69, 9.17) is 0 Å². The van der Waals surface area contributed by atoms with Gasteiger partial charge in [-0.25, -0.2) is 4.79 Å². The molecule has 0 unspecified atom stereocenters. The topological polar surface area (TPSA) is 61.4 Å². The number of hydrogen-bond acceptors (Lipinski definition) is 2. The van der Waals surface area contributed by atoms with Crippen molar-refractivity contribution in [1.29, 1.82) is 0 Å². The van der Waals surface area contributed by atoms with Crippen molar-refractivity contribution in [3.8, 4) is 0 Å². The molecule has 0 bridgehead atoms. The fraction of sp³-hybridized carbons (Fsp3) is 0.417. The van der Waals surface area contributed by atoms with Gasteiger partial charge in [0.25, 0.3) is 5.91 Å². The van der Waals surface area contributed by atoms with E-state index in [0.29, 0.717) is 12.1 Å². The number of benzene rings is 2. The van der Waals surface area contributed by atoms with Gasteiger partial charge in [-0.15, -0.1) is 0 Å². The molecule has 0 spiro atoms. The summed E-state index contributed by atoms with van der Waals surface area (Å²) < 4.78 is 0. The smallest absolute Gasteiger partial charge is 0.317 e. The van der Waals surface area contributed by atoms with E-state index in [9.17, 15) is 9.59 Å². The molecule has 0 radical (unpaired) electrons. The van der Waals surface area contributed by atoms with Crippen LogP contribution in [0.4, 0.5) is 4.79 Å². The second-order valence-corrected chi connectivity index (χ2v) is 8.02. The second-order valence-electron chi connectivity index (χ2n) is 8.02. The minimum Gasteiger partial charge on any atom is -0.346 e. The van der Waals surface area contributed by atoms with Crippen molar-refractivity contribution in [2.24, 2.45) is 0 Å².